The summed E-state index contributed by atoms with van der Waals surface area (Å²) >= 11 is 3.51. The van der Waals surface area contributed by atoms with Gasteiger partial charge in [-0.25, -0.2) is 13.8 Å². The van der Waals surface area contributed by atoms with Crippen LogP contribution < -0.4 is 5.32 Å². The van der Waals surface area contributed by atoms with Gasteiger partial charge in [-0.2, -0.15) is 0 Å². The molecule has 1 saturated carbocycles. The van der Waals surface area contributed by atoms with Crippen molar-refractivity contribution in [1.82, 2.24) is 19.7 Å². The first kappa shape index (κ1) is 17.1. The summed E-state index contributed by atoms with van der Waals surface area (Å²) in [6.07, 6.45) is 3.68. The molecule has 4 rings (SSSR count). The zero-order chi connectivity index (χ0) is 18.3. The molecule has 26 heavy (non-hydrogen) atoms. The van der Waals surface area contributed by atoms with Crippen LogP contribution in [0.15, 0.2) is 47.3 Å². The third-order valence-electron chi connectivity index (χ3n) is 4.60. The Balaban J connectivity index is 1.64. The Morgan fingerprint density at radius 1 is 1.35 bits per heavy atom. The molecule has 0 radical (unpaired) electrons. The molecule has 0 unspecified atom stereocenters. The van der Waals surface area contributed by atoms with Crippen LogP contribution in [0.25, 0.3) is 5.65 Å². The van der Waals surface area contributed by atoms with E-state index in [1.54, 1.807) is 0 Å². The molecule has 0 aliphatic heterocycles. The van der Waals surface area contributed by atoms with E-state index in [1.165, 1.54) is 23.0 Å². The Labute approximate surface area is 156 Å². The number of imidazole rings is 1. The largest absolute Gasteiger partial charge is 0.345 e. The predicted octanol–water partition coefficient (Wildman–Crippen LogP) is 3.93. The number of nitrogens with zero attached hydrogens (tertiary/aromatic N) is 3. The van der Waals surface area contributed by atoms with Crippen LogP contribution in [0.3, 0.4) is 0 Å². The Morgan fingerprint density at radius 3 is 2.81 bits per heavy atom. The first-order valence-electron chi connectivity index (χ1n) is 8.15. The number of alkyl halides is 2. The van der Waals surface area contributed by atoms with E-state index in [0.29, 0.717) is 6.42 Å². The van der Waals surface area contributed by atoms with E-state index in [0.717, 1.165) is 22.9 Å². The fourth-order valence-electron chi connectivity index (χ4n) is 3.11. The number of fused-ring (bicyclic) bond motifs is 1. The number of rotatable bonds is 5. The number of hydrogen-bond donors (Lipinski definition) is 1. The van der Waals surface area contributed by atoms with Crippen molar-refractivity contribution in [3.8, 4) is 0 Å². The minimum atomic E-state index is -2.84. The van der Waals surface area contributed by atoms with Crippen molar-refractivity contribution < 1.29 is 13.6 Å². The monoisotopic (exact) mass is 420 g/mol. The second-order valence-corrected chi connectivity index (χ2v) is 7.31. The van der Waals surface area contributed by atoms with Gasteiger partial charge in [0.25, 0.3) is 12.3 Å². The average Bonchev–Trinajstić information content (AvgIpc) is 3.24. The van der Waals surface area contributed by atoms with Gasteiger partial charge in [-0.3, -0.25) is 14.2 Å². The summed E-state index contributed by atoms with van der Waals surface area (Å²) in [6, 6.07) is 7.79. The van der Waals surface area contributed by atoms with Gasteiger partial charge in [0.15, 0.2) is 5.65 Å². The minimum absolute atomic E-state index is 0.129. The van der Waals surface area contributed by atoms with Crippen molar-refractivity contribution in [3.63, 3.8) is 0 Å². The average molecular weight is 421 g/mol. The fraction of sp³-hybridized carbons (Fsp3) is 0.278. The standard InChI is InChI=1S/C18H15BrF2N4O/c19-12-4-2-1-3-11(12)9-18(5-6-18)24-17(26)15-14(16(20)21)23-13-10-22-7-8-25(13)15/h1-4,7-8,10,16H,5-6,9H2,(H,24,26). The minimum Gasteiger partial charge on any atom is -0.345 e. The van der Waals surface area contributed by atoms with Crippen molar-refractivity contribution in [2.24, 2.45) is 0 Å². The first-order valence-corrected chi connectivity index (χ1v) is 8.94. The lowest BCUT2D eigenvalue weighted by Crippen LogP contribution is -2.39. The van der Waals surface area contributed by atoms with Crippen molar-refractivity contribution in [2.45, 2.75) is 31.2 Å². The number of halogens is 3. The van der Waals surface area contributed by atoms with Gasteiger partial charge in [0.2, 0.25) is 0 Å². The van der Waals surface area contributed by atoms with Crippen molar-refractivity contribution in [1.29, 1.82) is 0 Å². The van der Waals surface area contributed by atoms with Gasteiger partial charge < -0.3 is 5.32 Å². The number of amides is 1. The summed E-state index contributed by atoms with van der Waals surface area (Å²) in [5.41, 5.74) is 0.241. The molecule has 5 nitrogen and oxygen atoms in total. The maximum absolute atomic E-state index is 13.4. The van der Waals surface area contributed by atoms with Crippen LogP contribution in [-0.2, 0) is 6.42 Å². The maximum Gasteiger partial charge on any atom is 0.282 e. The van der Waals surface area contributed by atoms with Gasteiger partial charge in [-0.15, -0.1) is 0 Å². The van der Waals surface area contributed by atoms with Crippen LogP contribution in [-0.4, -0.2) is 25.8 Å². The second kappa shape index (κ2) is 6.42. The smallest absolute Gasteiger partial charge is 0.282 e. The molecule has 3 aromatic rings. The van der Waals surface area contributed by atoms with Crippen LogP contribution in [0, 0.1) is 0 Å². The highest BCUT2D eigenvalue weighted by atomic mass is 79.9. The second-order valence-electron chi connectivity index (χ2n) is 6.45. The molecule has 0 saturated heterocycles. The van der Waals surface area contributed by atoms with Crippen LogP contribution >= 0.6 is 15.9 Å². The number of carbonyl (C=O) groups excluding carboxylic acids is 1. The molecule has 1 aliphatic rings. The highest BCUT2D eigenvalue weighted by Crippen LogP contribution is 2.40. The number of aromatic nitrogens is 3. The van der Waals surface area contributed by atoms with Gasteiger partial charge in [0, 0.05) is 22.4 Å². The fourth-order valence-corrected chi connectivity index (χ4v) is 3.53. The lowest BCUT2D eigenvalue weighted by Gasteiger charge is -2.18. The zero-order valence-corrected chi connectivity index (χ0v) is 15.2. The Hall–Kier alpha value is -2.35. The van der Waals surface area contributed by atoms with Crippen LogP contribution in [0.2, 0.25) is 0 Å². The van der Waals surface area contributed by atoms with Gasteiger partial charge in [0.1, 0.15) is 11.4 Å². The molecule has 0 spiro atoms. The highest BCUT2D eigenvalue weighted by molar-refractivity contribution is 9.10. The van der Waals surface area contributed by atoms with Crippen LogP contribution in [0.1, 0.15) is 41.0 Å². The SMILES string of the molecule is O=C(NC1(Cc2ccccc2Br)CC1)c1c(C(F)F)nc2cnccn12. The van der Waals surface area contributed by atoms with Gasteiger partial charge in [0.05, 0.1) is 6.20 Å². The molecule has 0 bridgehead atoms. The molecular weight excluding hydrogens is 406 g/mol. The lowest BCUT2D eigenvalue weighted by atomic mass is 10.0. The maximum atomic E-state index is 13.4. The summed E-state index contributed by atoms with van der Waals surface area (Å²) < 4.78 is 29.1. The molecule has 8 heteroatoms. The normalized spacial score (nSPS) is 15.4. The Bertz CT molecular complexity index is 984. The number of nitrogens with one attached hydrogen (secondary N) is 1. The lowest BCUT2D eigenvalue weighted by molar-refractivity contribution is 0.0909. The molecule has 1 aliphatic carbocycles. The number of benzene rings is 1. The van der Waals surface area contributed by atoms with Gasteiger partial charge >= 0.3 is 0 Å². The molecule has 134 valence electrons. The quantitative estimate of drug-likeness (QED) is 0.679. The Morgan fingerprint density at radius 2 is 2.12 bits per heavy atom. The number of hydrogen-bond acceptors (Lipinski definition) is 3. The third-order valence-corrected chi connectivity index (χ3v) is 5.37. The van der Waals surface area contributed by atoms with E-state index in [4.69, 9.17) is 0 Å². The molecule has 2 heterocycles. The topological polar surface area (TPSA) is 59.3 Å². The van der Waals surface area contributed by atoms with Gasteiger partial charge in [-0.05, 0) is 30.9 Å². The molecule has 1 amide bonds. The van der Waals surface area contributed by atoms with E-state index in [-0.39, 0.29) is 11.3 Å². The van der Waals surface area contributed by atoms with Crippen LogP contribution in [0.4, 0.5) is 8.78 Å². The summed E-state index contributed by atoms with van der Waals surface area (Å²) in [5.74, 6) is -0.538. The van der Waals surface area contributed by atoms with Crippen molar-refractivity contribution in [2.75, 3.05) is 0 Å². The molecular formula is C18H15BrF2N4O. The molecule has 1 aromatic carbocycles. The Kier molecular flexibility index (Phi) is 4.22. The summed E-state index contributed by atoms with van der Waals surface area (Å²) in [6.45, 7) is 0. The number of carbonyl (C=O) groups is 1. The molecule has 1 N–H and O–H groups in total. The van der Waals surface area contributed by atoms with E-state index in [9.17, 15) is 13.6 Å². The van der Waals surface area contributed by atoms with Gasteiger partial charge in [-0.1, -0.05) is 34.1 Å². The van der Waals surface area contributed by atoms with Crippen molar-refractivity contribution >= 4 is 27.5 Å². The molecule has 1 fully saturated rings. The van der Waals surface area contributed by atoms with Crippen molar-refractivity contribution in [3.05, 3.63) is 64.3 Å². The first-order chi connectivity index (χ1) is 12.5. The van der Waals surface area contributed by atoms with E-state index in [1.807, 2.05) is 24.3 Å². The zero-order valence-electron chi connectivity index (χ0n) is 13.6. The van der Waals surface area contributed by atoms with E-state index < -0.39 is 23.6 Å². The third kappa shape index (κ3) is 3.09. The summed E-state index contributed by atoms with van der Waals surface area (Å²) in [4.78, 5) is 20.6. The summed E-state index contributed by atoms with van der Waals surface area (Å²) in [5, 5.41) is 2.96. The van der Waals surface area contributed by atoms with E-state index in [2.05, 4.69) is 31.2 Å². The highest BCUT2D eigenvalue weighted by Gasteiger charge is 2.45. The van der Waals surface area contributed by atoms with Crippen LogP contribution in [0.5, 0.6) is 0 Å². The molecule has 0 atom stereocenters. The molecule has 2 aromatic heterocycles. The summed E-state index contributed by atoms with van der Waals surface area (Å²) in [7, 11) is 0. The van der Waals surface area contributed by atoms with E-state index >= 15 is 0 Å². The predicted molar refractivity (Wildman–Crippen MR) is 95.2 cm³/mol.